The summed E-state index contributed by atoms with van der Waals surface area (Å²) in [5, 5.41) is 0. The second-order valence-electron chi connectivity index (χ2n) is 8.43. The van der Waals surface area contributed by atoms with Crippen LogP contribution in [0.25, 0.3) is 6.08 Å². The Balaban J connectivity index is 1.90. The first kappa shape index (κ1) is 21.0. The molecule has 29 heavy (non-hydrogen) atoms. The number of ether oxygens (including phenoxy) is 1. The number of Topliss-reactive ketones (excluding diaryl/α,β-unsaturated/α-hetero) is 1. The summed E-state index contributed by atoms with van der Waals surface area (Å²) >= 11 is 0. The highest BCUT2D eigenvalue weighted by Gasteiger charge is 2.35. The van der Waals surface area contributed by atoms with Crippen molar-refractivity contribution >= 4 is 17.8 Å². The van der Waals surface area contributed by atoms with Crippen LogP contribution in [0.4, 0.5) is 0 Å². The molecule has 2 aromatic carbocycles. The molecule has 3 atom stereocenters. The Morgan fingerprint density at radius 3 is 2.21 bits per heavy atom. The summed E-state index contributed by atoms with van der Waals surface area (Å²) in [5.41, 5.74) is 1.38. The van der Waals surface area contributed by atoms with Gasteiger partial charge in [-0.2, -0.15) is 0 Å². The molecule has 0 N–H and O–H groups in total. The molecule has 0 spiro atoms. The van der Waals surface area contributed by atoms with E-state index in [1.807, 2.05) is 36.4 Å². The number of benzene rings is 2. The van der Waals surface area contributed by atoms with E-state index in [1.165, 1.54) is 0 Å². The third-order valence-corrected chi connectivity index (χ3v) is 5.83. The molecular weight excluding hydrogens is 360 g/mol. The van der Waals surface area contributed by atoms with Gasteiger partial charge in [-0.25, -0.2) is 4.79 Å². The molecule has 0 radical (unpaired) electrons. The zero-order valence-corrected chi connectivity index (χ0v) is 17.5. The fourth-order valence-corrected chi connectivity index (χ4v) is 4.13. The first-order valence-corrected chi connectivity index (χ1v) is 10.5. The average molecular weight is 391 g/mol. The topological polar surface area (TPSA) is 43.4 Å². The third kappa shape index (κ3) is 5.44. The van der Waals surface area contributed by atoms with Crippen molar-refractivity contribution in [3.63, 3.8) is 0 Å². The van der Waals surface area contributed by atoms with E-state index >= 15 is 0 Å². The second kappa shape index (κ2) is 9.69. The van der Waals surface area contributed by atoms with Crippen LogP contribution in [0.15, 0.2) is 66.2 Å². The van der Waals surface area contributed by atoms with Gasteiger partial charge >= 0.3 is 5.97 Å². The van der Waals surface area contributed by atoms with Crippen molar-refractivity contribution in [3.05, 3.63) is 77.4 Å². The van der Waals surface area contributed by atoms with Crippen LogP contribution in [0.1, 0.15) is 56.0 Å². The SMILES string of the molecule is CC1CCC(C(C)C)C(OC(=O)C(=Cc2ccccc2)C(=O)c2ccccc2)C1. The van der Waals surface area contributed by atoms with E-state index in [4.69, 9.17) is 4.74 Å². The van der Waals surface area contributed by atoms with Gasteiger partial charge < -0.3 is 4.74 Å². The molecular formula is C26H30O3. The minimum Gasteiger partial charge on any atom is -0.458 e. The van der Waals surface area contributed by atoms with Gasteiger partial charge in [0.15, 0.2) is 5.78 Å². The minimum atomic E-state index is -0.521. The highest BCUT2D eigenvalue weighted by atomic mass is 16.5. The maximum atomic E-state index is 13.2. The lowest BCUT2D eigenvalue weighted by Gasteiger charge is -2.36. The molecule has 0 aliphatic heterocycles. The van der Waals surface area contributed by atoms with E-state index in [2.05, 4.69) is 20.8 Å². The monoisotopic (exact) mass is 390 g/mol. The van der Waals surface area contributed by atoms with Crippen LogP contribution in [0.5, 0.6) is 0 Å². The first-order valence-electron chi connectivity index (χ1n) is 10.5. The van der Waals surface area contributed by atoms with Crippen LogP contribution in [0, 0.1) is 17.8 Å². The summed E-state index contributed by atoms with van der Waals surface area (Å²) < 4.78 is 5.98. The van der Waals surface area contributed by atoms with Crippen LogP contribution >= 0.6 is 0 Å². The third-order valence-electron chi connectivity index (χ3n) is 5.83. The second-order valence-corrected chi connectivity index (χ2v) is 8.43. The van der Waals surface area contributed by atoms with Gasteiger partial charge in [0.2, 0.25) is 0 Å². The van der Waals surface area contributed by atoms with E-state index < -0.39 is 5.97 Å². The van der Waals surface area contributed by atoms with Crippen molar-refractivity contribution in [2.45, 2.75) is 46.1 Å². The Hall–Kier alpha value is -2.68. The van der Waals surface area contributed by atoms with E-state index in [1.54, 1.807) is 30.3 Å². The molecule has 1 saturated carbocycles. The molecule has 1 fully saturated rings. The molecule has 0 heterocycles. The van der Waals surface area contributed by atoms with Crippen LogP contribution in [-0.4, -0.2) is 17.9 Å². The molecule has 0 bridgehead atoms. The fraction of sp³-hybridized carbons (Fsp3) is 0.385. The van der Waals surface area contributed by atoms with Crippen molar-refractivity contribution in [1.29, 1.82) is 0 Å². The van der Waals surface area contributed by atoms with Crippen LogP contribution < -0.4 is 0 Å². The van der Waals surface area contributed by atoms with Gasteiger partial charge in [-0.3, -0.25) is 4.79 Å². The van der Waals surface area contributed by atoms with Gasteiger partial charge in [-0.05, 0) is 42.2 Å². The van der Waals surface area contributed by atoms with Crippen LogP contribution in [0.2, 0.25) is 0 Å². The summed E-state index contributed by atoms with van der Waals surface area (Å²) in [5.74, 6) is 0.470. The number of ketones is 1. The number of carbonyl (C=O) groups excluding carboxylic acids is 2. The first-order chi connectivity index (χ1) is 14.0. The Morgan fingerprint density at radius 2 is 1.59 bits per heavy atom. The molecule has 152 valence electrons. The normalized spacial score (nSPS) is 22.3. The summed E-state index contributed by atoms with van der Waals surface area (Å²) in [6.45, 7) is 6.56. The van der Waals surface area contributed by atoms with Crippen LogP contribution in [-0.2, 0) is 9.53 Å². The van der Waals surface area contributed by atoms with Crippen molar-refractivity contribution in [1.82, 2.24) is 0 Å². The number of carbonyl (C=O) groups is 2. The Labute approximate surface area is 173 Å². The molecule has 3 heteroatoms. The Bertz CT molecular complexity index is 852. The van der Waals surface area contributed by atoms with Gasteiger partial charge in [-0.15, -0.1) is 0 Å². The number of hydrogen-bond acceptors (Lipinski definition) is 3. The van der Waals surface area contributed by atoms with Gasteiger partial charge in [0, 0.05) is 5.56 Å². The number of hydrogen-bond donors (Lipinski definition) is 0. The fourth-order valence-electron chi connectivity index (χ4n) is 4.13. The number of esters is 1. The van der Waals surface area contributed by atoms with E-state index in [-0.39, 0.29) is 17.5 Å². The van der Waals surface area contributed by atoms with Gasteiger partial charge in [-0.1, -0.05) is 87.9 Å². The van der Waals surface area contributed by atoms with E-state index in [0.717, 1.165) is 24.8 Å². The zero-order valence-electron chi connectivity index (χ0n) is 17.5. The van der Waals surface area contributed by atoms with Gasteiger partial charge in [0.25, 0.3) is 0 Å². The standard InChI is InChI=1S/C26H30O3/c1-18(2)22-15-14-19(3)16-24(22)29-26(28)23(17-20-10-6-4-7-11-20)25(27)21-12-8-5-9-13-21/h4-13,17-19,22,24H,14-16H2,1-3H3. The summed E-state index contributed by atoms with van der Waals surface area (Å²) in [7, 11) is 0. The van der Waals surface area contributed by atoms with E-state index in [0.29, 0.717) is 23.3 Å². The summed E-state index contributed by atoms with van der Waals surface area (Å²) in [6, 6.07) is 18.4. The van der Waals surface area contributed by atoms with Crippen molar-refractivity contribution in [2.24, 2.45) is 17.8 Å². The molecule has 3 unspecified atom stereocenters. The Morgan fingerprint density at radius 1 is 0.966 bits per heavy atom. The molecule has 3 rings (SSSR count). The maximum Gasteiger partial charge on any atom is 0.342 e. The lowest BCUT2D eigenvalue weighted by molar-refractivity contribution is -0.150. The smallest absolute Gasteiger partial charge is 0.342 e. The van der Waals surface area contributed by atoms with Crippen molar-refractivity contribution in [2.75, 3.05) is 0 Å². The quantitative estimate of drug-likeness (QED) is 0.201. The average Bonchev–Trinajstić information content (AvgIpc) is 2.72. The molecule has 0 aromatic heterocycles. The number of rotatable bonds is 6. The molecule has 1 aliphatic rings. The van der Waals surface area contributed by atoms with Crippen LogP contribution in [0.3, 0.4) is 0 Å². The zero-order chi connectivity index (χ0) is 20.8. The lowest BCUT2D eigenvalue weighted by atomic mass is 9.75. The summed E-state index contributed by atoms with van der Waals surface area (Å²) in [6.07, 6.45) is 4.57. The molecule has 2 aromatic rings. The predicted octanol–water partition coefficient (Wildman–Crippen LogP) is 5.96. The maximum absolute atomic E-state index is 13.2. The highest BCUT2D eigenvalue weighted by molar-refractivity contribution is 6.26. The largest absolute Gasteiger partial charge is 0.458 e. The predicted molar refractivity (Wildman–Crippen MR) is 116 cm³/mol. The van der Waals surface area contributed by atoms with Gasteiger partial charge in [0.05, 0.1) is 0 Å². The minimum absolute atomic E-state index is 0.0862. The highest BCUT2D eigenvalue weighted by Crippen LogP contribution is 2.36. The lowest BCUT2D eigenvalue weighted by Crippen LogP contribution is -2.36. The molecule has 1 aliphatic carbocycles. The van der Waals surface area contributed by atoms with Gasteiger partial charge in [0.1, 0.15) is 11.7 Å². The van der Waals surface area contributed by atoms with Crippen molar-refractivity contribution in [3.8, 4) is 0 Å². The summed E-state index contributed by atoms with van der Waals surface area (Å²) in [4.78, 5) is 26.3. The van der Waals surface area contributed by atoms with E-state index in [9.17, 15) is 9.59 Å². The van der Waals surface area contributed by atoms with Crippen molar-refractivity contribution < 1.29 is 14.3 Å². The molecule has 3 nitrogen and oxygen atoms in total. The molecule has 0 saturated heterocycles. The Kier molecular flexibility index (Phi) is 7.03. The molecule has 0 amide bonds.